The molecule has 0 aromatic heterocycles. The fourth-order valence-electron chi connectivity index (χ4n) is 2.31. The van der Waals surface area contributed by atoms with Gasteiger partial charge in [-0.3, -0.25) is 9.52 Å². The van der Waals surface area contributed by atoms with Crippen molar-refractivity contribution in [3.05, 3.63) is 29.8 Å². The third-order valence-electron chi connectivity index (χ3n) is 3.26. The van der Waals surface area contributed by atoms with E-state index in [1.54, 1.807) is 0 Å². The van der Waals surface area contributed by atoms with Crippen LogP contribution in [0.25, 0.3) is 0 Å². The van der Waals surface area contributed by atoms with Crippen molar-refractivity contribution in [1.29, 1.82) is 0 Å². The van der Waals surface area contributed by atoms with Gasteiger partial charge in [-0.1, -0.05) is 32.9 Å². The van der Waals surface area contributed by atoms with E-state index in [9.17, 15) is 4.79 Å². The molecule has 0 heterocycles. The first-order valence-electron chi connectivity index (χ1n) is 8.14. The van der Waals surface area contributed by atoms with Crippen LogP contribution in [0.2, 0.25) is 0 Å². The summed E-state index contributed by atoms with van der Waals surface area (Å²) in [7, 11) is 0. The highest BCUT2D eigenvalue weighted by Crippen LogP contribution is 2.24. The summed E-state index contributed by atoms with van der Waals surface area (Å²) in [6, 6.07) is 7.95. The van der Waals surface area contributed by atoms with Gasteiger partial charge in [0, 0.05) is 5.41 Å². The van der Waals surface area contributed by atoms with Crippen LogP contribution < -0.4 is 9.46 Å². The second-order valence-electron chi connectivity index (χ2n) is 8.25. The van der Waals surface area contributed by atoms with E-state index in [0.29, 0.717) is 6.42 Å². The zero-order chi connectivity index (χ0) is 17.8. The minimum Gasteiger partial charge on any atom is -0.488 e. The molecule has 1 N–H and O–H groups in total. The normalized spacial score (nSPS) is 14.3. The number of thiol groups is 1. The van der Waals surface area contributed by atoms with Gasteiger partial charge in [0.2, 0.25) is 0 Å². The van der Waals surface area contributed by atoms with Crippen LogP contribution >= 0.6 is 11.1 Å². The number of hydrogen-bond acceptors (Lipinski definition) is 3. The maximum Gasteiger partial charge on any atom is 0.156 e. The summed E-state index contributed by atoms with van der Waals surface area (Å²) in [5.41, 5.74) is 0.616. The van der Waals surface area contributed by atoms with Gasteiger partial charge < -0.3 is 4.74 Å². The molecule has 0 saturated heterocycles. The van der Waals surface area contributed by atoms with Crippen LogP contribution in [0.5, 0.6) is 5.75 Å². The van der Waals surface area contributed by atoms with E-state index in [0.717, 1.165) is 11.3 Å². The third kappa shape index (κ3) is 7.40. The Kier molecular flexibility index (Phi) is 6.72. The maximum atomic E-state index is 12.7. The minimum atomic E-state index is -0.336. The van der Waals surface area contributed by atoms with E-state index in [1.807, 2.05) is 53.7 Å². The van der Waals surface area contributed by atoms with Crippen molar-refractivity contribution in [1.82, 2.24) is 4.72 Å². The quantitative estimate of drug-likeness (QED) is 0.765. The number of hydrogen-bond donors (Lipinski definition) is 2. The molecule has 23 heavy (non-hydrogen) atoms. The van der Waals surface area contributed by atoms with E-state index >= 15 is 0 Å². The topological polar surface area (TPSA) is 38.3 Å². The standard InChI is InChI=1S/C19H33NO2S/c1-18(2,3)17(21)16(20-23(7)8)13-14-9-11-15(12-10-14)22-19(4,5)6/h9-12,16,20,23H,13H2,1-8H3/t16-/m0/s1. The van der Waals surface area contributed by atoms with E-state index in [1.165, 1.54) is 0 Å². The van der Waals surface area contributed by atoms with E-state index < -0.39 is 0 Å². The van der Waals surface area contributed by atoms with Gasteiger partial charge in [0.25, 0.3) is 0 Å². The first-order valence-corrected chi connectivity index (χ1v) is 10.4. The number of carbonyl (C=O) groups is 1. The Hall–Kier alpha value is -1.00. The summed E-state index contributed by atoms with van der Waals surface area (Å²) in [4.78, 5) is 12.7. The fourth-order valence-corrected chi connectivity index (χ4v) is 3.15. The Labute approximate surface area is 144 Å². The highest BCUT2D eigenvalue weighted by Gasteiger charge is 2.29. The lowest BCUT2D eigenvalue weighted by Crippen LogP contribution is -2.42. The molecule has 0 unspecified atom stereocenters. The summed E-state index contributed by atoms with van der Waals surface area (Å²) < 4.78 is 9.32. The van der Waals surface area contributed by atoms with Crippen LogP contribution in [-0.2, 0) is 11.2 Å². The molecule has 1 aromatic rings. The predicted molar refractivity (Wildman–Crippen MR) is 103 cm³/mol. The van der Waals surface area contributed by atoms with Gasteiger partial charge in [-0.15, -0.1) is 0 Å². The Balaban J connectivity index is 2.85. The van der Waals surface area contributed by atoms with E-state index in [4.69, 9.17) is 4.74 Å². The van der Waals surface area contributed by atoms with E-state index in [-0.39, 0.29) is 33.9 Å². The van der Waals surface area contributed by atoms with Gasteiger partial charge in [-0.2, -0.15) is 0 Å². The Morgan fingerprint density at radius 3 is 2.00 bits per heavy atom. The van der Waals surface area contributed by atoms with Crippen LogP contribution in [0.1, 0.15) is 47.1 Å². The van der Waals surface area contributed by atoms with Crippen LogP contribution in [0.4, 0.5) is 0 Å². The van der Waals surface area contributed by atoms with Gasteiger partial charge in [0.1, 0.15) is 11.4 Å². The summed E-state index contributed by atoms with van der Waals surface area (Å²) in [6.07, 6.45) is 4.99. The molecule has 1 atom stereocenters. The van der Waals surface area contributed by atoms with Crippen molar-refractivity contribution in [2.24, 2.45) is 5.41 Å². The zero-order valence-corrected chi connectivity index (χ0v) is 16.8. The van der Waals surface area contributed by atoms with Gasteiger partial charge in [-0.25, -0.2) is 11.1 Å². The van der Waals surface area contributed by atoms with Crippen molar-refractivity contribution in [3.63, 3.8) is 0 Å². The Bertz CT molecular complexity index is 510. The van der Waals surface area contributed by atoms with Crippen LogP contribution in [0.15, 0.2) is 24.3 Å². The molecule has 0 amide bonds. The number of benzene rings is 1. The van der Waals surface area contributed by atoms with Gasteiger partial charge in [0.05, 0.1) is 6.04 Å². The highest BCUT2D eigenvalue weighted by molar-refractivity contribution is 8.14. The van der Waals surface area contributed by atoms with Crippen LogP contribution in [0.3, 0.4) is 0 Å². The second kappa shape index (κ2) is 7.71. The number of nitrogens with one attached hydrogen (secondary N) is 1. The molecular weight excluding hydrogens is 306 g/mol. The highest BCUT2D eigenvalue weighted by atomic mass is 32.2. The molecule has 0 spiro atoms. The SMILES string of the molecule is C[SH](C)N[C@@H](Cc1ccc(OC(C)(C)C)cc1)C(=O)C(C)(C)C. The first-order chi connectivity index (χ1) is 10.4. The number of carbonyl (C=O) groups excluding carboxylic acids is 1. The average Bonchev–Trinajstić information content (AvgIpc) is 2.36. The second-order valence-corrected chi connectivity index (χ2v) is 10.3. The molecule has 132 valence electrons. The molecule has 0 bridgehead atoms. The van der Waals surface area contributed by atoms with Crippen LogP contribution in [0, 0.1) is 5.41 Å². The summed E-state index contributed by atoms with van der Waals surface area (Å²) in [6.45, 7) is 12.1. The fraction of sp³-hybridized carbons (Fsp3) is 0.632. The van der Waals surface area contributed by atoms with Gasteiger partial charge in [-0.05, 0) is 57.4 Å². The molecule has 0 radical (unpaired) electrons. The van der Waals surface area contributed by atoms with Crippen molar-refractivity contribution >= 4 is 16.9 Å². The number of ether oxygens (including phenoxy) is 1. The van der Waals surface area contributed by atoms with Crippen molar-refractivity contribution < 1.29 is 9.53 Å². The lowest BCUT2D eigenvalue weighted by molar-refractivity contribution is -0.127. The molecule has 0 saturated carbocycles. The van der Waals surface area contributed by atoms with E-state index in [2.05, 4.69) is 29.4 Å². The number of rotatable bonds is 6. The summed E-state index contributed by atoms with van der Waals surface area (Å²) >= 11 is -0.336. The third-order valence-corrected chi connectivity index (χ3v) is 4.09. The molecule has 0 fully saturated rings. The average molecular weight is 340 g/mol. The predicted octanol–water partition coefficient (Wildman–Crippen LogP) is 4.16. The molecule has 0 aliphatic heterocycles. The molecular formula is C19H33NO2S. The Morgan fingerprint density at radius 1 is 1.09 bits per heavy atom. The molecule has 1 aromatic carbocycles. The molecule has 1 rings (SSSR count). The number of Topliss-reactive ketones (excluding diaryl/α,β-unsaturated/α-hetero) is 1. The van der Waals surface area contributed by atoms with Crippen molar-refractivity contribution in [2.45, 2.75) is 59.6 Å². The lowest BCUT2D eigenvalue weighted by atomic mass is 9.84. The van der Waals surface area contributed by atoms with Gasteiger partial charge in [0.15, 0.2) is 5.78 Å². The molecule has 0 aliphatic rings. The summed E-state index contributed by atoms with van der Waals surface area (Å²) in [5.74, 6) is 1.13. The van der Waals surface area contributed by atoms with Crippen molar-refractivity contribution in [2.75, 3.05) is 12.5 Å². The van der Waals surface area contributed by atoms with Crippen LogP contribution in [-0.4, -0.2) is 29.9 Å². The first kappa shape index (κ1) is 20.0. The minimum absolute atomic E-state index is 0.134. The molecule has 4 heteroatoms. The zero-order valence-electron chi connectivity index (χ0n) is 15.9. The van der Waals surface area contributed by atoms with Gasteiger partial charge >= 0.3 is 0 Å². The summed E-state index contributed by atoms with van der Waals surface area (Å²) in [5, 5.41) is 0. The monoisotopic (exact) mass is 339 g/mol. The Morgan fingerprint density at radius 2 is 1.61 bits per heavy atom. The largest absolute Gasteiger partial charge is 0.488 e. The maximum absolute atomic E-state index is 12.7. The number of ketones is 1. The smallest absolute Gasteiger partial charge is 0.156 e. The molecule has 0 aliphatic carbocycles. The van der Waals surface area contributed by atoms with Crippen molar-refractivity contribution in [3.8, 4) is 5.75 Å². The lowest BCUT2D eigenvalue weighted by Gasteiger charge is -2.28. The molecule has 3 nitrogen and oxygen atoms in total.